The fourth-order valence-electron chi connectivity index (χ4n) is 2.09. The third-order valence-corrected chi connectivity index (χ3v) is 3.22. The molecule has 1 saturated heterocycles. The van der Waals surface area contributed by atoms with Gasteiger partial charge in [0.1, 0.15) is 6.10 Å². The van der Waals surface area contributed by atoms with Gasteiger partial charge in [-0.3, -0.25) is 14.9 Å². The minimum absolute atomic E-state index is 0.0182. The highest BCUT2D eigenvalue weighted by atomic mass is 16.6. The number of epoxide rings is 1. The van der Waals surface area contributed by atoms with Crippen molar-refractivity contribution in [2.75, 3.05) is 5.32 Å². The van der Waals surface area contributed by atoms with Gasteiger partial charge in [0.2, 0.25) is 0 Å². The van der Waals surface area contributed by atoms with E-state index in [0.717, 1.165) is 5.56 Å². The maximum absolute atomic E-state index is 12.0. The molecule has 21 heavy (non-hydrogen) atoms. The number of carbonyl (C=O) groups is 1. The van der Waals surface area contributed by atoms with Crippen molar-refractivity contribution < 1.29 is 14.5 Å². The molecule has 0 spiro atoms. The van der Waals surface area contributed by atoms with Gasteiger partial charge in [0, 0.05) is 17.8 Å². The van der Waals surface area contributed by atoms with Crippen LogP contribution < -0.4 is 5.32 Å². The van der Waals surface area contributed by atoms with Crippen LogP contribution in [0.15, 0.2) is 54.6 Å². The second-order valence-electron chi connectivity index (χ2n) is 4.68. The number of nitrogens with one attached hydrogen (secondary N) is 1. The molecule has 1 aliphatic rings. The molecule has 0 saturated carbocycles. The van der Waals surface area contributed by atoms with E-state index < -0.39 is 11.0 Å². The topological polar surface area (TPSA) is 84.8 Å². The smallest absolute Gasteiger partial charge is 0.269 e. The second kappa shape index (κ2) is 5.34. The Hall–Kier alpha value is -2.73. The summed E-state index contributed by atoms with van der Waals surface area (Å²) in [5.74, 6) is -0.218. The second-order valence-corrected chi connectivity index (χ2v) is 4.68. The zero-order valence-corrected chi connectivity index (χ0v) is 10.9. The summed E-state index contributed by atoms with van der Waals surface area (Å²) in [5, 5.41) is 13.3. The first-order chi connectivity index (χ1) is 10.1. The molecule has 2 atom stereocenters. The van der Waals surface area contributed by atoms with Crippen molar-refractivity contribution in [3.05, 3.63) is 70.3 Å². The van der Waals surface area contributed by atoms with Crippen LogP contribution in [0.5, 0.6) is 0 Å². The van der Waals surface area contributed by atoms with Gasteiger partial charge in [-0.2, -0.15) is 0 Å². The average molecular weight is 284 g/mol. The molecule has 0 aromatic heterocycles. The van der Waals surface area contributed by atoms with E-state index in [4.69, 9.17) is 4.74 Å². The van der Waals surface area contributed by atoms with Crippen molar-refractivity contribution in [2.45, 2.75) is 12.2 Å². The molecule has 0 bridgehead atoms. The number of amides is 1. The summed E-state index contributed by atoms with van der Waals surface area (Å²) in [6.45, 7) is 0. The maximum atomic E-state index is 12.0. The van der Waals surface area contributed by atoms with E-state index in [9.17, 15) is 14.9 Å². The Balaban J connectivity index is 1.63. The van der Waals surface area contributed by atoms with Crippen LogP contribution in [0.2, 0.25) is 0 Å². The predicted octanol–water partition coefficient (Wildman–Crippen LogP) is 2.67. The molecule has 0 aliphatic carbocycles. The van der Waals surface area contributed by atoms with Gasteiger partial charge in [0.15, 0.2) is 6.10 Å². The standard InChI is InChI=1S/C15H12N2O4/c18-15(16-11-4-2-1-3-5-11)14-13(21-14)10-6-8-12(9-7-10)17(19)20/h1-9,13-14H,(H,16,18)/t13-,14-/m1/s1. The molecule has 0 radical (unpaired) electrons. The predicted molar refractivity (Wildman–Crippen MR) is 75.8 cm³/mol. The van der Waals surface area contributed by atoms with Gasteiger partial charge in [-0.05, 0) is 29.8 Å². The lowest BCUT2D eigenvalue weighted by atomic mass is 10.1. The lowest BCUT2D eigenvalue weighted by Gasteiger charge is -2.02. The van der Waals surface area contributed by atoms with Crippen LogP contribution in [0.4, 0.5) is 11.4 Å². The Kier molecular flexibility index (Phi) is 3.37. The number of rotatable bonds is 4. The summed E-state index contributed by atoms with van der Waals surface area (Å²) in [4.78, 5) is 22.1. The highest BCUT2D eigenvalue weighted by Gasteiger charge is 2.46. The van der Waals surface area contributed by atoms with Crippen molar-refractivity contribution in [2.24, 2.45) is 0 Å². The van der Waals surface area contributed by atoms with E-state index >= 15 is 0 Å². The molecule has 1 fully saturated rings. The van der Waals surface area contributed by atoms with Gasteiger partial charge >= 0.3 is 0 Å². The zero-order chi connectivity index (χ0) is 14.8. The number of ether oxygens (including phenoxy) is 1. The SMILES string of the molecule is O=C(Nc1ccccc1)[C@@H]1O[C@@H]1c1ccc([N+](=O)[O-])cc1. The van der Waals surface area contributed by atoms with Gasteiger partial charge in [-0.25, -0.2) is 0 Å². The Bertz CT molecular complexity index is 670. The number of non-ortho nitro benzene ring substituents is 1. The fraction of sp³-hybridized carbons (Fsp3) is 0.133. The van der Waals surface area contributed by atoms with Gasteiger partial charge < -0.3 is 10.1 Å². The molecule has 1 aliphatic heterocycles. The van der Waals surface area contributed by atoms with E-state index in [1.165, 1.54) is 12.1 Å². The van der Waals surface area contributed by atoms with Crippen LogP contribution in [-0.2, 0) is 9.53 Å². The van der Waals surface area contributed by atoms with E-state index in [0.29, 0.717) is 5.69 Å². The Morgan fingerprint density at radius 1 is 1.10 bits per heavy atom. The van der Waals surface area contributed by atoms with Gasteiger partial charge in [0.25, 0.3) is 11.6 Å². The molecule has 106 valence electrons. The lowest BCUT2D eigenvalue weighted by molar-refractivity contribution is -0.384. The van der Waals surface area contributed by atoms with E-state index in [2.05, 4.69) is 5.32 Å². The normalized spacial score (nSPS) is 19.8. The molecular formula is C15H12N2O4. The van der Waals surface area contributed by atoms with Crippen LogP contribution in [-0.4, -0.2) is 16.9 Å². The van der Waals surface area contributed by atoms with Gasteiger partial charge in [-0.1, -0.05) is 18.2 Å². The Morgan fingerprint density at radius 3 is 2.38 bits per heavy atom. The van der Waals surface area contributed by atoms with Crippen molar-refractivity contribution in [1.29, 1.82) is 0 Å². The highest BCUT2D eigenvalue weighted by Crippen LogP contribution is 2.39. The zero-order valence-electron chi connectivity index (χ0n) is 10.9. The monoisotopic (exact) mass is 284 g/mol. The summed E-state index contributed by atoms with van der Waals surface area (Å²) >= 11 is 0. The Labute approximate surface area is 120 Å². The molecule has 3 rings (SSSR count). The van der Waals surface area contributed by atoms with Crippen LogP contribution in [0.1, 0.15) is 11.7 Å². The molecule has 0 unspecified atom stereocenters. The number of nitro groups is 1. The lowest BCUT2D eigenvalue weighted by Crippen LogP contribution is -2.18. The number of para-hydroxylation sites is 1. The molecular weight excluding hydrogens is 272 g/mol. The van der Waals surface area contributed by atoms with Crippen molar-refractivity contribution >= 4 is 17.3 Å². The van der Waals surface area contributed by atoms with E-state index in [-0.39, 0.29) is 17.7 Å². The third-order valence-electron chi connectivity index (χ3n) is 3.22. The largest absolute Gasteiger partial charge is 0.354 e. The molecule has 2 aromatic rings. The molecule has 2 aromatic carbocycles. The first kappa shape index (κ1) is 13.3. The average Bonchev–Trinajstić information content (AvgIpc) is 3.29. The number of hydrogen-bond acceptors (Lipinski definition) is 4. The van der Waals surface area contributed by atoms with Gasteiger partial charge in [0.05, 0.1) is 4.92 Å². The number of anilines is 1. The maximum Gasteiger partial charge on any atom is 0.269 e. The molecule has 6 nitrogen and oxygen atoms in total. The number of hydrogen-bond donors (Lipinski definition) is 1. The van der Waals surface area contributed by atoms with Crippen molar-refractivity contribution in [3.63, 3.8) is 0 Å². The van der Waals surface area contributed by atoms with E-state index in [1.54, 1.807) is 24.3 Å². The Morgan fingerprint density at radius 2 is 1.76 bits per heavy atom. The molecule has 1 N–H and O–H groups in total. The summed E-state index contributed by atoms with van der Waals surface area (Å²) in [7, 11) is 0. The molecule has 1 amide bonds. The van der Waals surface area contributed by atoms with Crippen LogP contribution >= 0.6 is 0 Å². The number of carbonyl (C=O) groups excluding carboxylic acids is 1. The van der Waals surface area contributed by atoms with Crippen LogP contribution in [0.25, 0.3) is 0 Å². The third kappa shape index (κ3) is 2.90. The fourth-order valence-corrected chi connectivity index (χ4v) is 2.09. The minimum Gasteiger partial charge on any atom is -0.354 e. The van der Waals surface area contributed by atoms with Crippen LogP contribution in [0.3, 0.4) is 0 Å². The highest BCUT2D eigenvalue weighted by molar-refractivity contribution is 5.96. The quantitative estimate of drug-likeness (QED) is 0.531. The summed E-state index contributed by atoms with van der Waals surface area (Å²) in [6, 6.07) is 15.1. The summed E-state index contributed by atoms with van der Waals surface area (Å²) < 4.78 is 5.36. The first-order valence-electron chi connectivity index (χ1n) is 6.41. The molecule has 6 heteroatoms. The summed E-state index contributed by atoms with van der Waals surface area (Å²) in [6.07, 6.45) is -0.888. The van der Waals surface area contributed by atoms with Crippen molar-refractivity contribution in [1.82, 2.24) is 0 Å². The number of benzene rings is 2. The van der Waals surface area contributed by atoms with Crippen LogP contribution in [0, 0.1) is 10.1 Å². The first-order valence-corrected chi connectivity index (χ1v) is 6.41. The summed E-state index contributed by atoms with van der Waals surface area (Å²) in [5.41, 5.74) is 1.49. The number of nitro benzene ring substituents is 1. The number of nitrogens with zero attached hydrogens (tertiary/aromatic N) is 1. The van der Waals surface area contributed by atoms with Gasteiger partial charge in [-0.15, -0.1) is 0 Å². The molecule has 1 heterocycles. The van der Waals surface area contributed by atoms with E-state index in [1.807, 2.05) is 18.2 Å². The minimum atomic E-state index is -0.549. The van der Waals surface area contributed by atoms with Crippen molar-refractivity contribution in [3.8, 4) is 0 Å².